The molecule has 0 radical (unpaired) electrons. The number of nitrogens with one attached hydrogen (secondary N) is 2. The van der Waals surface area contributed by atoms with Gasteiger partial charge < -0.3 is 5.32 Å². The second kappa shape index (κ2) is 8.16. The highest BCUT2D eigenvalue weighted by molar-refractivity contribution is 6.05. The Morgan fingerprint density at radius 2 is 2.11 bits per heavy atom. The van der Waals surface area contributed by atoms with E-state index in [1.54, 1.807) is 24.5 Å². The zero-order valence-corrected chi connectivity index (χ0v) is 16.2. The number of aryl methyl sites for hydroxylation is 1. The fourth-order valence-corrected chi connectivity index (χ4v) is 2.98. The number of hydrogen-bond donors (Lipinski definition) is 2. The van der Waals surface area contributed by atoms with E-state index in [4.69, 9.17) is 0 Å². The van der Waals surface area contributed by atoms with Gasteiger partial charge in [0.1, 0.15) is 0 Å². The van der Waals surface area contributed by atoms with Crippen molar-refractivity contribution in [2.75, 3.05) is 0 Å². The molecule has 8 heteroatoms. The van der Waals surface area contributed by atoms with Gasteiger partial charge in [-0.15, -0.1) is 0 Å². The van der Waals surface area contributed by atoms with Crippen molar-refractivity contribution < 1.29 is 4.79 Å². The third-order valence-corrected chi connectivity index (χ3v) is 4.43. The Bertz CT molecular complexity index is 1120. The first kappa shape index (κ1) is 19.5. The zero-order valence-electron chi connectivity index (χ0n) is 16.2. The molecule has 0 aliphatic heterocycles. The first-order valence-electron chi connectivity index (χ1n) is 9.27. The van der Waals surface area contributed by atoms with Crippen molar-refractivity contribution in [1.29, 1.82) is 0 Å². The summed E-state index contributed by atoms with van der Waals surface area (Å²) in [7, 11) is 0. The highest BCUT2D eigenvalue weighted by Crippen LogP contribution is 2.20. The van der Waals surface area contributed by atoms with E-state index in [0.29, 0.717) is 18.7 Å². The van der Waals surface area contributed by atoms with Gasteiger partial charge in [-0.05, 0) is 30.0 Å². The summed E-state index contributed by atoms with van der Waals surface area (Å²) >= 11 is 0. The predicted molar refractivity (Wildman–Crippen MR) is 106 cm³/mol. The van der Waals surface area contributed by atoms with Crippen LogP contribution in [0.3, 0.4) is 0 Å². The quantitative estimate of drug-likeness (QED) is 0.678. The molecule has 0 aliphatic carbocycles. The largest absolute Gasteiger partial charge is 0.348 e. The maximum Gasteiger partial charge on any atom is 0.329 e. The molecule has 3 aromatic heterocycles. The van der Waals surface area contributed by atoms with Crippen LogP contribution in [0.15, 0.2) is 40.2 Å². The Labute approximate surface area is 161 Å². The number of fused-ring (bicyclic) bond motifs is 1. The highest BCUT2D eigenvalue weighted by atomic mass is 16.2. The molecule has 8 nitrogen and oxygen atoms in total. The third-order valence-electron chi connectivity index (χ3n) is 4.43. The van der Waals surface area contributed by atoms with E-state index < -0.39 is 17.2 Å². The van der Waals surface area contributed by atoms with Crippen molar-refractivity contribution in [1.82, 2.24) is 24.8 Å². The Balaban J connectivity index is 2.14. The maximum atomic E-state index is 12.9. The highest BCUT2D eigenvalue weighted by Gasteiger charge is 2.20. The first-order valence-corrected chi connectivity index (χ1v) is 9.27. The van der Waals surface area contributed by atoms with Crippen LogP contribution in [-0.2, 0) is 13.1 Å². The topological polar surface area (TPSA) is 110 Å². The first-order chi connectivity index (χ1) is 13.4. The Morgan fingerprint density at radius 3 is 2.75 bits per heavy atom. The lowest BCUT2D eigenvalue weighted by molar-refractivity contribution is 0.0952. The van der Waals surface area contributed by atoms with Gasteiger partial charge in [0, 0.05) is 31.2 Å². The summed E-state index contributed by atoms with van der Waals surface area (Å²) in [6.07, 6.45) is 4.01. The second-order valence-electron chi connectivity index (χ2n) is 6.90. The average Bonchev–Trinajstić information content (AvgIpc) is 2.69. The van der Waals surface area contributed by atoms with Crippen LogP contribution >= 0.6 is 0 Å². The number of amides is 1. The molecule has 3 rings (SSSR count). The molecule has 1 amide bonds. The normalized spacial score (nSPS) is 11.1. The molecule has 0 fully saturated rings. The fraction of sp³-hybridized carbons (Fsp3) is 0.350. The standard InChI is InChI=1S/C20H23N5O3/c1-4-8-25-17-16(19(27)24-20(25)28)14(9-15(23-17)12(2)3)18(26)22-11-13-6-5-7-21-10-13/h5-7,9-10,12H,4,8,11H2,1-3H3,(H,22,26)(H,24,27,28). The summed E-state index contributed by atoms with van der Waals surface area (Å²) in [4.78, 5) is 48.6. The average molecular weight is 381 g/mol. The van der Waals surface area contributed by atoms with Crippen molar-refractivity contribution in [2.24, 2.45) is 0 Å². The van der Waals surface area contributed by atoms with Crippen molar-refractivity contribution in [3.05, 3.63) is 68.3 Å². The van der Waals surface area contributed by atoms with Crippen LogP contribution in [0.2, 0.25) is 0 Å². The lowest BCUT2D eigenvalue weighted by Gasteiger charge is -2.14. The number of aromatic amines is 1. The van der Waals surface area contributed by atoms with E-state index in [9.17, 15) is 14.4 Å². The van der Waals surface area contributed by atoms with Gasteiger partial charge in [-0.1, -0.05) is 26.8 Å². The van der Waals surface area contributed by atoms with Crippen LogP contribution < -0.4 is 16.6 Å². The Morgan fingerprint density at radius 1 is 1.32 bits per heavy atom. The van der Waals surface area contributed by atoms with Gasteiger partial charge in [0.2, 0.25) is 0 Å². The monoisotopic (exact) mass is 381 g/mol. The minimum atomic E-state index is -0.610. The minimum Gasteiger partial charge on any atom is -0.348 e. The molecule has 28 heavy (non-hydrogen) atoms. The fourth-order valence-electron chi connectivity index (χ4n) is 2.98. The van der Waals surface area contributed by atoms with E-state index in [1.807, 2.05) is 26.8 Å². The minimum absolute atomic E-state index is 0.0266. The molecular formula is C20H23N5O3. The molecule has 0 spiro atoms. The lowest BCUT2D eigenvalue weighted by Crippen LogP contribution is -2.33. The molecule has 146 valence electrons. The molecule has 2 N–H and O–H groups in total. The number of nitrogens with zero attached hydrogens (tertiary/aromatic N) is 3. The summed E-state index contributed by atoms with van der Waals surface area (Å²) in [6.45, 7) is 6.50. The Kier molecular flexibility index (Phi) is 5.67. The van der Waals surface area contributed by atoms with Crippen molar-refractivity contribution in [2.45, 2.75) is 46.2 Å². The lowest BCUT2D eigenvalue weighted by atomic mass is 10.0. The van der Waals surface area contributed by atoms with Crippen molar-refractivity contribution in [3.63, 3.8) is 0 Å². The van der Waals surface area contributed by atoms with Crippen LogP contribution in [0.1, 0.15) is 54.7 Å². The molecule has 0 saturated heterocycles. The molecule has 0 unspecified atom stereocenters. The molecule has 0 aromatic carbocycles. The third kappa shape index (κ3) is 3.85. The number of carbonyl (C=O) groups excluding carboxylic acids is 1. The van der Waals surface area contributed by atoms with Crippen LogP contribution in [0, 0.1) is 0 Å². The van der Waals surface area contributed by atoms with Gasteiger partial charge in [0.15, 0.2) is 5.65 Å². The van der Waals surface area contributed by atoms with E-state index in [1.165, 1.54) is 4.57 Å². The predicted octanol–water partition coefficient (Wildman–Crippen LogP) is 1.94. The molecule has 3 aromatic rings. The zero-order chi connectivity index (χ0) is 20.3. The van der Waals surface area contributed by atoms with E-state index >= 15 is 0 Å². The summed E-state index contributed by atoms with van der Waals surface area (Å²) in [5.74, 6) is -0.371. The Hall–Kier alpha value is -3.29. The van der Waals surface area contributed by atoms with Gasteiger partial charge in [-0.2, -0.15) is 0 Å². The number of rotatable bonds is 6. The second-order valence-corrected chi connectivity index (χ2v) is 6.90. The SMILES string of the molecule is CCCn1c(=O)[nH]c(=O)c2c(C(=O)NCc3cccnc3)cc(C(C)C)nc21. The van der Waals surface area contributed by atoms with Crippen LogP contribution in [0.5, 0.6) is 0 Å². The van der Waals surface area contributed by atoms with E-state index in [2.05, 4.69) is 20.3 Å². The smallest absolute Gasteiger partial charge is 0.329 e. The van der Waals surface area contributed by atoms with Gasteiger partial charge >= 0.3 is 5.69 Å². The summed E-state index contributed by atoms with van der Waals surface area (Å²) in [5, 5.41) is 2.95. The number of H-pyrrole nitrogens is 1. The van der Waals surface area contributed by atoms with Crippen LogP contribution in [0.25, 0.3) is 11.0 Å². The molecule has 0 bridgehead atoms. The van der Waals surface area contributed by atoms with E-state index in [0.717, 1.165) is 5.56 Å². The summed E-state index contributed by atoms with van der Waals surface area (Å²) in [6, 6.07) is 5.26. The van der Waals surface area contributed by atoms with E-state index in [-0.39, 0.29) is 29.1 Å². The number of hydrogen-bond acceptors (Lipinski definition) is 5. The molecule has 0 atom stereocenters. The number of pyridine rings is 2. The molecule has 3 heterocycles. The summed E-state index contributed by atoms with van der Waals surface area (Å²) in [5.41, 5.74) is 0.817. The van der Waals surface area contributed by atoms with Gasteiger partial charge in [-0.25, -0.2) is 9.78 Å². The van der Waals surface area contributed by atoms with Crippen LogP contribution in [0.4, 0.5) is 0 Å². The number of aromatic nitrogens is 4. The van der Waals surface area contributed by atoms with Gasteiger partial charge in [0.05, 0.1) is 10.9 Å². The van der Waals surface area contributed by atoms with Crippen LogP contribution in [-0.4, -0.2) is 25.4 Å². The van der Waals surface area contributed by atoms with Gasteiger partial charge in [0.25, 0.3) is 11.5 Å². The molecular weight excluding hydrogens is 358 g/mol. The molecule has 0 aliphatic rings. The summed E-state index contributed by atoms with van der Waals surface area (Å²) < 4.78 is 1.42. The van der Waals surface area contributed by atoms with Crippen molar-refractivity contribution in [3.8, 4) is 0 Å². The number of carbonyl (C=O) groups is 1. The molecule has 0 saturated carbocycles. The van der Waals surface area contributed by atoms with Gasteiger partial charge in [-0.3, -0.25) is 24.1 Å². The van der Waals surface area contributed by atoms with Crippen molar-refractivity contribution >= 4 is 16.9 Å². The maximum absolute atomic E-state index is 12.9.